The van der Waals surface area contributed by atoms with Crippen LogP contribution in [0.1, 0.15) is 70.2 Å². The predicted molar refractivity (Wildman–Crippen MR) is 154 cm³/mol. The minimum Gasteiger partial charge on any atom is -0.489 e. The summed E-state index contributed by atoms with van der Waals surface area (Å²) in [6.45, 7) is 10.0. The summed E-state index contributed by atoms with van der Waals surface area (Å²) in [7, 11) is 0. The average molecular weight is 570 g/mol. The van der Waals surface area contributed by atoms with Crippen LogP contribution >= 0.6 is 23.2 Å². The summed E-state index contributed by atoms with van der Waals surface area (Å²) >= 11 is 12.2. The highest BCUT2D eigenvalue weighted by Gasteiger charge is 2.33. The van der Waals surface area contributed by atoms with Gasteiger partial charge in [-0.1, -0.05) is 49.7 Å². The van der Waals surface area contributed by atoms with Crippen LogP contribution in [0.4, 0.5) is 4.79 Å². The van der Waals surface area contributed by atoms with Gasteiger partial charge in [0, 0.05) is 23.2 Å². The zero-order valence-corrected chi connectivity index (χ0v) is 24.4. The molecule has 39 heavy (non-hydrogen) atoms. The van der Waals surface area contributed by atoms with E-state index in [9.17, 15) is 10.1 Å². The summed E-state index contributed by atoms with van der Waals surface area (Å²) in [4.78, 5) is 12.0. The highest BCUT2D eigenvalue weighted by atomic mass is 35.5. The van der Waals surface area contributed by atoms with Crippen LogP contribution in [0.25, 0.3) is 11.1 Å². The lowest BCUT2D eigenvalue weighted by atomic mass is 9.77. The van der Waals surface area contributed by atoms with Gasteiger partial charge >= 0.3 is 6.09 Å². The molecule has 1 heterocycles. The molecule has 7 nitrogen and oxygen atoms in total. The highest BCUT2D eigenvalue weighted by Crippen LogP contribution is 2.39. The number of alkyl carbamates (subject to hydrolysis) is 1. The van der Waals surface area contributed by atoms with Crippen LogP contribution < -0.4 is 10.1 Å². The van der Waals surface area contributed by atoms with Crippen LogP contribution in [0.5, 0.6) is 5.75 Å². The monoisotopic (exact) mass is 568 g/mol. The number of halogens is 2. The molecule has 0 atom stereocenters. The third-order valence-corrected chi connectivity index (χ3v) is 7.39. The SMILES string of the molecule is CC(C)(C)OC(=O)NC1CC(n2cc(-c3ccc(C(C)(C)c4cc(Cl)c(OCCCl)c(C#N)c4)cc3)cn2)C1. The number of carbonyl (C=O) groups excluding carboxylic acids is 1. The van der Waals surface area contributed by atoms with Crippen LogP contribution in [0, 0.1) is 11.3 Å². The molecular weight excluding hydrogens is 535 g/mol. The van der Waals surface area contributed by atoms with Crippen molar-refractivity contribution in [3.8, 4) is 22.9 Å². The zero-order valence-electron chi connectivity index (χ0n) is 22.9. The number of hydrogen-bond acceptors (Lipinski definition) is 5. The van der Waals surface area contributed by atoms with Gasteiger partial charge in [0.1, 0.15) is 18.3 Å². The third kappa shape index (κ3) is 6.69. The number of amides is 1. The van der Waals surface area contributed by atoms with E-state index in [0.717, 1.165) is 35.1 Å². The number of benzene rings is 2. The maximum atomic E-state index is 12.0. The number of carbonyl (C=O) groups is 1. The number of nitriles is 1. The number of nitrogens with zero attached hydrogens (tertiary/aromatic N) is 3. The fourth-order valence-corrected chi connectivity index (χ4v) is 5.00. The Morgan fingerprint density at radius 1 is 1.13 bits per heavy atom. The van der Waals surface area contributed by atoms with Crippen molar-refractivity contribution in [3.63, 3.8) is 0 Å². The third-order valence-electron chi connectivity index (χ3n) is 6.96. The van der Waals surface area contributed by atoms with Crippen molar-refractivity contribution in [1.82, 2.24) is 15.1 Å². The molecule has 1 N–H and O–H groups in total. The molecule has 4 rings (SSSR count). The van der Waals surface area contributed by atoms with Gasteiger partial charge in [-0.15, -0.1) is 11.6 Å². The highest BCUT2D eigenvalue weighted by molar-refractivity contribution is 6.32. The van der Waals surface area contributed by atoms with Crippen LogP contribution in [-0.2, 0) is 10.2 Å². The van der Waals surface area contributed by atoms with Crippen LogP contribution in [0.15, 0.2) is 48.8 Å². The summed E-state index contributed by atoms with van der Waals surface area (Å²) in [5, 5.41) is 17.6. The van der Waals surface area contributed by atoms with Crippen molar-refractivity contribution in [2.45, 2.75) is 70.6 Å². The molecule has 0 bridgehead atoms. The molecule has 1 fully saturated rings. The molecule has 1 saturated carbocycles. The van der Waals surface area contributed by atoms with E-state index in [1.165, 1.54) is 0 Å². The standard InChI is InChI=1S/C30H34Cl2N4O3/c1-29(2,3)39-28(37)35-24-14-25(15-24)36-18-21(17-34-36)19-6-8-22(9-7-19)30(4,5)23-12-20(16-33)27(26(32)13-23)38-11-10-31/h6-9,12-13,17-18,24-25H,10-11,14-15H2,1-5H3,(H,35,37). The van der Waals surface area contributed by atoms with Crippen LogP contribution in [0.3, 0.4) is 0 Å². The first kappa shape index (κ1) is 28.8. The van der Waals surface area contributed by atoms with Gasteiger partial charge in [0.05, 0.1) is 28.7 Å². The molecule has 1 aromatic heterocycles. The normalized spacial score (nSPS) is 17.2. The maximum absolute atomic E-state index is 12.0. The average Bonchev–Trinajstić information content (AvgIpc) is 3.33. The lowest BCUT2D eigenvalue weighted by Crippen LogP contribution is -2.46. The fourth-order valence-electron chi connectivity index (χ4n) is 4.65. The summed E-state index contributed by atoms with van der Waals surface area (Å²) in [5.74, 6) is 0.678. The van der Waals surface area contributed by atoms with Gasteiger partial charge in [0.2, 0.25) is 0 Å². The van der Waals surface area contributed by atoms with Crippen molar-refractivity contribution in [2.24, 2.45) is 0 Å². The summed E-state index contributed by atoms with van der Waals surface area (Å²) in [6.07, 6.45) is 5.17. The Bertz CT molecular complexity index is 1360. The molecule has 1 aliphatic rings. The number of hydrogen-bond donors (Lipinski definition) is 1. The first-order valence-corrected chi connectivity index (χ1v) is 13.9. The number of rotatable bonds is 8. The minimum absolute atomic E-state index is 0.0926. The Morgan fingerprint density at radius 2 is 1.82 bits per heavy atom. The molecule has 3 aromatic rings. The maximum Gasteiger partial charge on any atom is 0.407 e. The van der Waals surface area contributed by atoms with E-state index in [-0.39, 0.29) is 24.8 Å². The smallest absolute Gasteiger partial charge is 0.407 e. The van der Waals surface area contributed by atoms with Crippen molar-refractivity contribution in [1.29, 1.82) is 5.26 Å². The van der Waals surface area contributed by atoms with Crippen molar-refractivity contribution in [2.75, 3.05) is 12.5 Å². The number of nitrogens with one attached hydrogen (secondary N) is 1. The van der Waals surface area contributed by atoms with Crippen molar-refractivity contribution < 1.29 is 14.3 Å². The van der Waals surface area contributed by atoms with Gasteiger partial charge in [-0.05, 0) is 62.4 Å². The van der Waals surface area contributed by atoms with E-state index in [2.05, 4.69) is 54.6 Å². The van der Waals surface area contributed by atoms with E-state index in [1.54, 1.807) is 0 Å². The molecule has 0 radical (unpaired) electrons. The largest absolute Gasteiger partial charge is 0.489 e. The van der Waals surface area contributed by atoms with Crippen LogP contribution in [0.2, 0.25) is 5.02 Å². The molecule has 2 aromatic carbocycles. The molecule has 0 aliphatic heterocycles. The summed E-state index contributed by atoms with van der Waals surface area (Å²) in [5.41, 5.74) is 3.57. The first-order valence-electron chi connectivity index (χ1n) is 13.0. The van der Waals surface area contributed by atoms with Gasteiger partial charge < -0.3 is 14.8 Å². The first-order chi connectivity index (χ1) is 18.4. The number of ether oxygens (including phenoxy) is 2. The Labute approximate surface area is 240 Å². The molecule has 0 spiro atoms. The Kier molecular flexibility index (Phi) is 8.48. The van der Waals surface area contributed by atoms with E-state index in [1.807, 2.05) is 50.0 Å². The Morgan fingerprint density at radius 3 is 2.44 bits per heavy atom. The van der Waals surface area contributed by atoms with Crippen LogP contribution in [-0.4, -0.2) is 40.0 Å². The quantitative estimate of drug-likeness (QED) is 0.289. The topological polar surface area (TPSA) is 89.2 Å². The predicted octanol–water partition coefficient (Wildman–Crippen LogP) is 7.25. The van der Waals surface area contributed by atoms with E-state index < -0.39 is 11.0 Å². The molecular formula is C30H34Cl2N4O3. The van der Waals surface area contributed by atoms with E-state index in [0.29, 0.717) is 22.2 Å². The van der Waals surface area contributed by atoms with Gasteiger partial charge in [0.25, 0.3) is 0 Å². The van der Waals surface area contributed by atoms with Gasteiger partial charge in [-0.25, -0.2) is 4.79 Å². The van der Waals surface area contributed by atoms with Gasteiger partial charge in [0.15, 0.2) is 5.75 Å². The molecule has 1 amide bonds. The lowest BCUT2D eigenvalue weighted by molar-refractivity contribution is 0.0452. The van der Waals surface area contributed by atoms with E-state index in [4.69, 9.17) is 32.7 Å². The van der Waals surface area contributed by atoms with Crippen molar-refractivity contribution in [3.05, 3.63) is 70.5 Å². The Balaban J connectivity index is 1.43. The van der Waals surface area contributed by atoms with Gasteiger partial charge in [-0.3, -0.25) is 4.68 Å². The number of aromatic nitrogens is 2. The Hall–Kier alpha value is -3.21. The molecule has 9 heteroatoms. The molecule has 0 unspecified atom stereocenters. The molecule has 1 aliphatic carbocycles. The van der Waals surface area contributed by atoms with Crippen molar-refractivity contribution >= 4 is 29.3 Å². The second-order valence-corrected chi connectivity index (χ2v) is 12.1. The summed E-state index contributed by atoms with van der Waals surface area (Å²) < 4.78 is 12.9. The summed E-state index contributed by atoms with van der Waals surface area (Å²) in [6, 6.07) is 14.6. The van der Waals surface area contributed by atoms with Gasteiger partial charge in [-0.2, -0.15) is 10.4 Å². The number of alkyl halides is 1. The fraction of sp³-hybridized carbons (Fsp3) is 0.433. The lowest BCUT2D eigenvalue weighted by Gasteiger charge is -2.36. The molecule has 0 saturated heterocycles. The van der Waals surface area contributed by atoms with E-state index >= 15 is 0 Å². The molecule has 206 valence electrons. The zero-order chi connectivity index (χ0) is 28.4. The second kappa shape index (κ2) is 11.5. The second-order valence-electron chi connectivity index (χ2n) is 11.4. The minimum atomic E-state index is -0.509.